The topological polar surface area (TPSA) is 85.8 Å². The summed E-state index contributed by atoms with van der Waals surface area (Å²) in [6.07, 6.45) is 4.72. The van der Waals surface area contributed by atoms with Crippen LogP contribution in [0.5, 0.6) is 23.1 Å². The lowest BCUT2D eigenvalue weighted by Crippen LogP contribution is -2.38. The first-order chi connectivity index (χ1) is 15.3. The van der Waals surface area contributed by atoms with Crippen molar-refractivity contribution >= 4 is 17.4 Å². The number of ether oxygens (including phenoxy) is 3. The lowest BCUT2D eigenvalue weighted by molar-refractivity contribution is -0.120. The van der Waals surface area contributed by atoms with Crippen LogP contribution in [0.1, 0.15) is 12.8 Å². The van der Waals surface area contributed by atoms with Gasteiger partial charge in [-0.3, -0.25) is 4.79 Å². The standard InChI is InChI=1S/C23H22N4O4/c28-22(26-17-6-7-19-20(14-17)30-15-29-19)16-8-12-27(13-9-16)21-23(25-11-10-24-21)31-18-4-2-1-3-5-18/h1-7,10-11,14,16H,8-9,12-13,15H2,(H,26,28). The zero-order valence-corrected chi connectivity index (χ0v) is 16.9. The predicted octanol–water partition coefficient (Wildman–Crippen LogP) is 3.85. The minimum atomic E-state index is -0.0724. The van der Waals surface area contributed by atoms with Crippen molar-refractivity contribution in [1.82, 2.24) is 9.97 Å². The molecule has 1 saturated heterocycles. The summed E-state index contributed by atoms with van der Waals surface area (Å²) >= 11 is 0. The van der Waals surface area contributed by atoms with Crippen molar-refractivity contribution in [2.24, 2.45) is 5.92 Å². The Hall–Kier alpha value is -3.81. The number of piperidine rings is 1. The van der Waals surface area contributed by atoms with E-state index in [0.717, 1.165) is 12.8 Å². The second-order valence-corrected chi connectivity index (χ2v) is 7.42. The van der Waals surface area contributed by atoms with Gasteiger partial charge in [0, 0.05) is 43.2 Å². The Balaban J connectivity index is 1.21. The summed E-state index contributed by atoms with van der Waals surface area (Å²) in [5.74, 6) is 3.17. The summed E-state index contributed by atoms with van der Waals surface area (Å²) in [7, 11) is 0. The van der Waals surface area contributed by atoms with Gasteiger partial charge in [-0.1, -0.05) is 18.2 Å². The monoisotopic (exact) mass is 418 g/mol. The molecule has 158 valence electrons. The SMILES string of the molecule is O=C(Nc1ccc2c(c1)OCO2)C1CCN(c2nccnc2Oc2ccccc2)CC1. The van der Waals surface area contributed by atoms with Crippen LogP contribution in [-0.4, -0.2) is 35.8 Å². The first-order valence-corrected chi connectivity index (χ1v) is 10.3. The van der Waals surface area contributed by atoms with Gasteiger partial charge in [-0.2, -0.15) is 0 Å². The van der Waals surface area contributed by atoms with Gasteiger partial charge >= 0.3 is 0 Å². The highest BCUT2D eigenvalue weighted by Crippen LogP contribution is 2.35. The highest BCUT2D eigenvalue weighted by atomic mass is 16.7. The number of carbonyl (C=O) groups is 1. The van der Waals surface area contributed by atoms with Crippen LogP contribution < -0.4 is 24.4 Å². The Morgan fingerprint density at radius 2 is 1.77 bits per heavy atom. The molecule has 0 unspecified atom stereocenters. The Labute approximate surface area is 179 Å². The van der Waals surface area contributed by atoms with Crippen molar-refractivity contribution in [2.45, 2.75) is 12.8 Å². The third-order valence-corrected chi connectivity index (χ3v) is 5.41. The maximum atomic E-state index is 12.8. The number of amides is 1. The van der Waals surface area contributed by atoms with Crippen LogP contribution in [0.3, 0.4) is 0 Å². The molecule has 1 amide bonds. The highest BCUT2D eigenvalue weighted by Gasteiger charge is 2.28. The van der Waals surface area contributed by atoms with E-state index in [1.807, 2.05) is 42.5 Å². The lowest BCUT2D eigenvalue weighted by atomic mass is 9.96. The summed E-state index contributed by atoms with van der Waals surface area (Å²) in [5, 5.41) is 2.99. The van der Waals surface area contributed by atoms with Crippen LogP contribution in [0.2, 0.25) is 0 Å². The average molecular weight is 418 g/mol. The number of nitrogens with zero attached hydrogens (tertiary/aromatic N) is 3. The van der Waals surface area contributed by atoms with Gasteiger partial charge in [0.25, 0.3) is 5.88 Å². The molecular weight excluding hydrogens is 396 g/mol. The molecule has 31 heavy (non-hydrogen) atoms. The van der Waals surface area contributed by atoms with E-state index >= 15 is 0 Å². The van der Waals surface area contributed by atoms with Crippen molar-refractivity contribution in [1.29, 1.82) is 0 Å². The number of rotatable bonds is 5. The largest absolute Gasteiger partial charge is 0.454 e. The Morgan fingerprint density at radius 1 is 1.00 bits per heavy atom. The molecule has 2 aliphatic heterocycles. The molecule has 0 aliphatic carbocycles. The number of aromatic nitrogens is 2. The van der Waals surface area contributed by atoms with Crippen LogP contribution in [0, 0.1) is 5.92 Å². The summed E-state index contributed by atoms with van der Waals surface area (Å²) in [4.78, 5) is 23.7. The van der Waals surface area contributed by atoms with Crippen molar-refractivity contribution < 1.29 is 19.0 Å². The van der Waals surface area contributed by atoms with Gasteiger partial charge in [0.1, 0.15) is 5.75 Å². The normalized spacial score (nSPS) is 15.5. The predicted molar refractivity (Wildman–Crippen MR) is 115 cm³/mol. The van der Waals surface area contributed by atoms with Crippen molar-refractivity contribution in [3.63, 3.8) is 0 Å². The van der Waals surface area contributed by atoms with E-state index in [9.17, 15) is 4.79 Å². The van der Waals surface area contributed by atoms with Crippen LogP contribution in [-0.2, 0) is 4.79 Å². The first kappa shape index (κ1) is 19.2. The summed E-state index contributed by atoms with van der Waals surface area (Å²) in [6, 6.07) is 14.9. The van der Waals surface area contributed by atoms with Crippen LogP contribution in [0.25, 0.3) is 0 Å². The van der Waals surface area contributed by atoms with Crippen molar-refractivity contribution in [3.8, 4) is 23.1 Å². The Morgan fingerprint density at radius 3 is 2.61 bits per heavy atom. The molecule has 2 aromatic carbocycles. The molecule has 1 fully saturated rings. The molecule has 1 aromatic heterocycles. The summed E-state index contributed by atoms with van der Waals surface area (Å²) in [5.41, 5.74) is 0.712. The highest BCUT2D eigenvalue weighted by molar-refractivity contribution is 5.93. The summed E-state index contributed by atoms with van der Waals surface area (Å²) in [6.45, 7) is 1.61. The van der Waals surface area contributed by atoms with Gasteiger partial charge in [-0.05, 0) is 37.1 Å². The molecule has 3 heterocycles. The number of carbonyl (C=O) groups excluding carboxylic acids is 1. The second kappa shape index (κ2) is 8.51. The van der Waals surface area contributed by atoms with E-state index in [-0.39, 0.29) is 18.6 Å². The van der Waals surface area contributed by atoms with Crippen molar-refractivity contribution in [2.75, 3.05) is 30.1 Å². The number of nitrogens with one attached hydrogen (secondary N) is 1. The molecule has 0 saturated carbocycles. The maximum Gasteiger partial charge on any atom is 0.263 e. The van der Waals surface area contributed by atoms with Crippen LogP contribution >= 0.6 is 0 Å². The molecule has 0 atom stereocenters. The Bertz CT molecular complexity index is 1070. The molecule has 3 aromatic rings. The van der Waals surface area contributed by atoms with E-state index in [1.54, 1.807) is 18.5 Å². The molecule has 0 radical (unpaired) electrons. The maximum absolute atomic E-state index is 12.8. The molecular formula is C23H22N4O4. The number of para-hydroxylation sites is 1. The van der Waals surface area contributed by atoms with E-state index in [2.05, 4.69) is 20.2 Å². The fourth-order valence-corrected chi connectivity index (χ4v) is 3.78. The van der Waals surface area contributed by atoms with Gasteiger partial charge < -0.3 is 24.4 Å². The van der Waals surface area contributed by atoms with E-state index in [0.29, 0.717) is 47.7 Å². The molecule has 2 aliphatic rings. The van der Waals surface area contributed by atoms with Gasteiger partial charge in [0.15, 0.2) is 17.3 Å². The average Bonchev–Trinajstić information content (AvgIpc) is 3.28. The van der Waals surface area contributed by atoms with Crippen molar-refractivity contribution in [3.05, 3.63) is 60.9 Å². The number of fused-ring (bicyclic) bond motifs is 1. The van der Waals surface area contributed by atoms with E-state index in [1.165, 1.54) is 0 Å². The fraction of sp³-hybridized carbons (Fsp3) is 0.261. The number of anilines is 2. The van der Waals surface area contributed by atoms with Crippen LogP contribution in [0.4, 0.5) is 11.5 Å². The van der Waals surface area contributed by atoms with Gasteiger partial charge in [-0.25, -0.2) is 9.97 Å². The zero-order valence-electron chi connectivity index (χ0n) is 16.9. The van der Waals surface area contributed by atoms with Gasteiger partial charge in [0.05, 0.1) is 0 Å². The van der Waals surface area contributed by atoms with E-state index < -0.39 is 0 Å². The number of hydrogen-bond donors (Lipinski definition) is 1. The quantitative estimate of drug-likeness (QED) is 0.673. The third kappa shape index (κ3) is 4.23. The molecule has 1 N–H and O–H groups in total. The smallest absolute Gasteiger partial charge is 0.263 e. The number of benzene rings is 2. The first-order valence-electron chi connectivity index (χ1n) is 10.3. The molecule has 5 rings (SSSR count). The summed E-state index contributed by atoms with van der Waals surface area (Å²) < 4.78 is 16.6. The molecule has 0 bridgehead atoms. The Kier molecular flexibility index (Phi) is 5.26. The molecule has 8 heteroatoms. The molecule has 0 spiro atoms. The second-order valence-electron chi connectivity index (χ2n) is 7.42. The van der Waals surface area contributed by atoms with Crippen LogP contribution in [0.15, 0.2) is 60.9 Å². The lowest BCUT2D eigenvalue weighted by Gasteiger charge is -2.32. The zero-order chi connectivity index (χ0) is 21.0. The van der Waals surface area contributed by atoms with Gasteiger partial charge in [-0.15, -0.1) is 0 Å². The van der Waals surface area contributed by atoms with Gasteiger partial charge in [0.2, 0.25) is 12.7 Å². The number of hydrogen-bond acceptors (Lipinski definition) is 7. The fourth-order valence-electron chi connectivity index (χ4n) is 3.78. The minimum absolute atomic E-state index is 0.0124. The minimum Gasteiger partial charge on any atom is -0.454 e. The molecule has 8 nitrogen and oxygen atoms in total. The third-order valence-electron chi connectivity index (χ3n) is 5.41. The van der Waals surface area contributed by atoms with E-state index in [4.69, 9.17) is 14.2 Å².